The van der Waals surface area contributed by atoms with E-state index in [0.29, 0.717) is 18.8 Å². The van der Waals surface area contributed by atoms with Crippen molar-refractivity contribution in [1.29, 1.82) is 0 Å². The average Bonchev–Trinajstić information content (AvgIpc) is 2.84. The number of anilines is 1. The Morgan fingerprint density at radius 2 is 2.40 bits per heavy atom. The molecular formula is C13H23N5O2. The van der Waals surface area contributed by atoms with E-state index in [4.69, 9.17) is 4.74 Å². The minimum atomic E-state index is -0.404. The maximum atomic E-state index is 12.1. The number of carbonyl (C=O) groups is 1. The van der Waals surface area contributed by atoms with Gasteiger partial charge in [-0.25, -0.2) is 0 Å². The Bertz CT molecular complexity index is 446. The van der Waals surface area contributed by atoms with E-state index in [1.165, 1.54) is 0 Å². The second-order valence-electron chi connectivity index (χ2n) is 5.41. The van der Waals surface area contributed by atoms with Crippen molar-refractivity contribution in [3.8, 4) is 0 Å². The predicted molar refractivity (Wildman–Crippen MR) is 76.6 cm³/mol. The molecule has 0 radical (unpaired) electrons. The van der Waals surface area contributed by atoms with Gasteiger partial charge < -0.3 is 19.9 Å². The summed E-state index contributed by atoms with van der Waals surface area (Å²) < 4.78 is 7.30. The molecule has 1 aromatic rings. The molecule has 1 fully saturated rings. The van der Waals surface area contributed by atoms with Gasteiger partial charge in [0.05, 0.1) is 25.0 Å². The van der Waals surface area contributed by atoms with E-state index < -0.39 is 6.10 Å². The third kappa shape index (κ3) is 4.29. The van der Waals surface area contributed by atoms with Gasteiger partial charge in [0.2, 0.25) is 0 Å². The topological polar surface area (TPSA) is 62.6 Å². The number of carbonyl (C=O) groups excluding carboxylic acids is 1. The molecular weight excluding hydrogens is 258 g/mol. The Hall–Kier alpha value is -1.44. The first kappa shape index (κ1) is 15.0. The molecule has 1 aromatic heterocycles. The van der Waals surface area contributed by atoms with E-state index in [0.717, 1.165) is 19.6 Å². The zero-order valence-corrected chi connectivity index (χ0v) is 12.4. The van der Waals surface area contributed by atoms with Gasteiger partial charge in [-0.3, -0.25) is 9.48 Å². The molecule has 1 N–H and O–H groups in total. The molecule has 0 unspecified atom stereocenters. The Morgan fingerprint density at radius 1 is 1.60 bits per heavy atom. The minimum absolute atomic E-state index is 0.108. The van der Waals surface area contributed by atoms with Crippen LogP contribution < -0.4 is 5.32 Å². The largest absolute Gasteiger partial charge is 0.366 e. The van der Waals surface area contributed by atoms with Crippen LogP contribution in [0.4, 0.5) is 5.69 Å². The summed E-state index contributed by atoms with van der Waals surface area (Å²) in [5.74, 6) is -0.108. The van der Waals surface area contributed by atoms with Crippen molar-refractivity contribution in [3.63, 3.8) is 0 Å². The monoisotopic (exact) mass is 281 g/mol. The summed E-state index contributed by atoms with van der Waals surface area (Å²) in [6, 6.07) is 0. The maximum Gasteiger partial charge on any atom is 0.254 e. The Kier molecular flexibility index (Phi) is 5.11. The number of likely N-dealkylation sites (N-methyl/N-ethyl adjacent to an activating group) is 2. The molecule has 1 aliphatic heterocycles. The zero-order valence-electron chi connectivity index (χ0n) is 12.4. The van der Waals surface area contributed by atoms with E-state index >= 15 is 0 Å². The number of hydrogen-bond acceptors (Lipinski definition) is 5. The second-order valence-corrected chi connectivity index (χ2v) is 5.41. The highest BCUT2D eigenvalue weighted by Crippen LogP contribution is 2.09. The smallest absolute Gasteiger partial charge is 0.254 e. The van der Waals surface area contributed by atoms with Crippen molar-refractivity contribution in [1.82, 2.24) is 19.6 Å². The minimum Gasteiger partial charge on any atom is -0.366 e. The molecule has 0 aromatic carbocycles. The standard InChI is InChI=1S/C13H23N5O2/c1-16(2)4-5-18-9-11(8-14-18)15-13(19)12-10-17(3)6-7-20-12/h8-9,12H,4-7,10H2,1-3H3,(H,15,19)/t12-/m1/s1. The number of aromatic nitrogens is 2. The van der Waals surface area contributed by atoms with Gasteiger partial charge in [-0.15, -0.1) is 0 Å². The number of ether oxygens (including phenoxy) is 1. The summed E-state index contributed by atoms with van der Waals surface area (Å²) >= 11 is 0. The second kappa shape index (κ2) is 6.83. The van der Waals surface area contributed by atoms with Gasteiger partial charge in [0.1, 0.15) is 6.10 Å². The van der Waals surface area contributed by atoms with Gasteiger partial charge in [-0.1, -0.05) is 0 Å². The van der Waals surface area contributed by atoms with Crippen LogP contribution in [0.25, 0.3) is 0 Å². The van der Waals surface area contributed by atoms with E-state index in [9.17, 15) is 4.79 Å². The summed E-state index contributed by atoms with van der Waals surface area (Å²) in [6.07, 6.45) is 3.10. The van der Waals surface area contributed by atoms with Crippen LogP contribution in [0, 0.1) is 0 Å². The number of morpholine rings is 1. The fourth-order valence-electron chi connectivity index (χ4n) is 2.01. The lowest BCUT2D eigenvalue weighted by molar-refractivity contribution is -0.132. The van der Waals surface area contributed by atoms with E-state index in [2.05, 4.69) is 20.2 Å². The van der Waals surface area contributed by atoms with E-state index in [1.54, 1.807) is 6.20 Å². The Morgan fingerprint density at radius 3 is 3.10 bits per heavy atom. The van der Waals surface area contributed by atoms with Gasteiger partial charge >= 0.3 is 0 Å². The van der Waals surface area contributed by atoms with E-state index in [1.807, 2.05) is 32.0 Å². The fourth-order valence-corrected chi connectivity index (χ4v) is 2.01. The molecule has 20 heavy (non-hydrogen) atoms. The number of rotatable bonds is 5. The molecule has 0 bridgehead atoms. The van der Waals surface area contributed by atoms with Crippen LogP contribution in [0.1, 0.15) is 0 Å². The van der Waals surface area contributed by atoms with Crippen molar-refractivity contribution in [2.45, 2.75) is 12.6 Å². The van der Waals surface area contributed by atoms with Gasteiger partial charge in [0.15, 0.2) is 0 Å². The molecule has 1 aliphatic rings. The van der Waals surface area contributed by atoms with Crippen LogP contribution in [-0.2, 0) is 16.1 Å². The average molecular weight is 281 g/mol. The van der Waals surface area contributed by atoms with Gasteiger partial charge in [-0.2, -0.15) is 5.10 Å². The number of hydrogen-bond donors (Lipinski definition) is 1. The normalized spacial score (nSPS) is 20.3. The summed E-state index contributed by atoms with van der Waals surface area (Å²) in [6.45, 7) is 3.79. The predicted octanol–water partition coefficient (Wildman–Crippen LogP) is -0.286. The van der Waals surface area contributed by atoms with Crippen molar-refractivity contribution in [2.24, 2.45) is 0 Å². The van der Waals surface area contributed by atoms with Crippen LogP contribution >= 0.6 is 0 Å². The highest BCUT2D eigenvalue weighted by molar-refractivity contribution is 5.94. The van der Waals surface area contributed by atoms with Crippen LogP contribution in [0.15, 0.2) is 12.4 Å². The highest BCUT2D eigenvalue weighted by Gasteiger charge is 2.24. The molecule has 1 amide bonds. The summed E-state index contributed by atoms with van der Waals surface area (Å²) in [4.78, 5) is 16.3. The fraction of sp³-hybridized carbons (Fsp3) is 0.692. The summed E-state index contributed by atoms with van der Waals surface area (Å²) in [7, 11) is 6.02. The highest BCUT2D eigenvalue weighted by atomic mass is 16.5. The molecule has 7 heteroatoms. The molecule has 112 valence electrons. The molecule has 7 nitrogen and oxygen atoms in total. The molecule has 1 saturated heterocycles. The SMILES string of the molecule is CN(C)CCn1cc(NC(=O)[C@H]2CN(C)CCO2)cn1. The van der Waals surface area contributed by atoms with Crippen molar-refractivity contribution in [3.05, 3.63) is 12.4 Å². The molecule has 2 rings (SSSR count). The van der Waals surface area contributed by atoms with Crippen molar-refractivity contribution >= 4 is 11.6 Å². The summed E-state index contributed by atoms with van der Waals surface area (Å²) in [5, 5.41) is 7.08. The molecule has 1 atom stereocenters. The van der Waals surface area contributed by atoms with Crippen LogP contribution in [-0.4, -0.2) is 79.0 Å². The van der Waals surface area contributed by atoms with Crippen LogP contribution in [0.2, 0.25) is 0 Å². The van der Waals surface area contributed by atoms with Gasteiger partial charge in [-0.05, 0) is 21.1 Å². The zero-order chi connectivity index (χ0) is 14.5. The number of nitrogens with one attached hydrogen (secondary N) is 1. The van der Waals surface area contributed by atoms with Gasteiger partial charge in [0, 0.05) is 25.8 Å². The lowest BCUT2D eigenvalue weighted by atomic mass is 10.2. The Balaban J connectivity index is 1.84. The summed E-state index contributed by atoms with van der Waals surface area (Å²) in [5.41, 5.74) is 0.714. The quantitative estimate of drug-likeness (QED) is 0.804. The third-order valence-electron chi connectivity index (χ3n) is 3.24. The van der Waals surface area contributed by atoms with Crippen molar-refractivity contribution in [2.75, 3.05) is 52.7 Å². The van der Waals surface area contributed by atoms with Crippen LogP contribution in [0.5, 0.6) is 0 Å². The maximum absolute atomic E-state index is 12.1. The van der Waals surface area contributed by atoms with Gasteiger partial charge in [0.25, 0.3) is 5.91 Å². The number of amides is 1. The molecule has 0 spiro atoms. The number of nitrogens with zero attached hydrogens (tertiary/aromatic N) is 4. The first-order valence-electron chi connectivity index (χ1n) is 6.83. The van der Waals surface area contributed by atoms with Crippen molar-refractivity contribution < 1.29 is 9.53 Å². The Labute approximate surface area is 119 Å². The lowest BCUT2D eigenvalue weighted by Crippen LogP contribution is -2.46. The molecule has 0 aliphatic carbocycles. The molecule has 2 heterocycles. The van der Waals surface area contributed by atoms with Crippen LogP contribution in [0.3, 0.4) is 0 Å². The van der Waals surface area contributed by atoms with E-state index in [-0.39, 0.29) is 5.91 Å². The molecule has 0 saturated carbocycles. The first-order valence-corrected chi connectivity index (χ1v) is 6.83. The lowest BCUT2D eigenvalue weighted by Gasteiger charge is -2.28. The first-order chi connectivity index (χ1) is 9.54. The third-order valence-corrected chi connectivity index (χ3v) is 3.24.